The average Bonchev–Trinajstić information content (AvgIpc) is 2.05. The minimum Gasteiger partial charge on any atom is -0.391 e. The lowest BCUT2D eigenvalue weighted by atomic mass is 10.1. The Labute approximate surface area is 81.0 Å². The zero-order valence-electron chi connectivity index (χ0n) is 8.95. The lowest BCUT2D eigenvalue weighted by molar-refractivity contribution is 0.0179. The third-order valence-electron chi connectivity index (χ3n) is 1.78. The van der Waals surface area contributed by atoms with Crippen molar-refractivity contribution in [2.45, 2.75) is 32.8 Å². The molecule has 2 unspecified atom stereocenters. The van der Waals surface area contributed by atoms with E-state index in [0.717, 1.165) is 19.4 Å². The molecule has 0 spiro atoms. The van der Waals surface area contributed by atoms with Crippen LogP contribution in [0.3, 0.4) is 0 Å². The molecule has 3 heteroatoms. The lowest BCUT2D eigenvalue weighted by Gasteiger charge is -2.15. The van der Waals surface area contributed by atoms with Gasteiger partial charge in [-0.05, 0) is 18.8 Å². The van der Waals surface area contributed by atoms with Crippen LogP contribution in [0.2, 0.25) is 0 Å². The summed E-state index contributed by atoms with van der Waals surface area (Å²) in [6.07, 6.45) is 1.40. The Morgan fingerprint density at radius 2 is 2.00 bits per heavy atom. The lowest BCUT2D eigenvalue weighted by Crippen LogP contribution is -2.20. The molecular weight excluding hydrogens is 168 g/mol. The van der Waals surface area contributed by atoms with Gasteiger partial charge in [0.1, 0.15) is 0 Å². The second kappa shape index (κ2) is 8.48. The fraction of sp³-hybridized carbons (Fsp3) is 1.00. The first-order valence-corrected chi connectivity index (χ1v) is 4.95. The summed E-state index contributed by atoms with van der Waals surface area (Å²) in [6, 6.07) is 0. The summed E-state index contributed by atoms with van der Waals surface area (Å²) in [7, 11) is 1.68. The van der Waals surface area contributed by atoms with Crippen molar-refractivity contribution in [1.82, 2.24) is 0 Å². The first-order chi connectivity index (χ1) is 6.20. The Kier molecular flexibility index (Phi) is 8.40. The van der Waals surface area contributed by atoms with Crippen LogP contribution in [0.15, 0.2) is 0 Å². The number of aliphatic hydroxyl groups excluding tert-OH is 1. The number of aliphatic hydroxyl groups is 1. The van der Waals surface area contributed by atoms with Gasteiger partial charge in [-0.25, -0.2) is 0 Å². The molecule has 80 valence electrons. The SMILES string of the molecule is CCCOCC(O)CC(C)COC. The molecule has 0 fully saturated rings. The molecule has 0 aromatic carbocycles. The van der Waals surface area contributed by atoms with Gasteiger partial charge in [-0.15, -0.1) is 0 Å². The molecule has 0 amide bonds. The van der Waals surface area contributed by atoms with Gasteiger partial charge in [0.2, 0.25) is 0 Å². The number of hydrogen-bond acceptors (Lipinski definition) is 3. The molecule has 13 heavy (non-hydrogen) atoms. The average molecular weight is 190 g/mol. The van der Waals surface area contributed by atoms with Crippen molar-refractivity contribution in [3.63, 3.8) is 0 Å². The summed E-state index contributed by atoms with van der Waals surface area (Å²) in [6.45, 7) is 5.99. The smallest absolute Gasteiger partial charge is 0.0777 e. The molecule has 0 bridgehead atoms. The Bertz CT molecular complexity index is 106. The summed E-state index contributed by atoms with van der Waals surface area (Å²) < 4.78 is 10.2. The Morgan fingerprint density at radius 1 is 1.31 bits per heavy atom. The number of methoxy groups -OCH3 is 1. The predicted octanol–water partition coefficient (Wildman–Crippen LogP) is 1.45. The third kappa shape index (κ3) is 8.22. The fourth-order valence-electron chi connectivity index (χ4n) is 1.25. The Morgan fingerprint density at radius 3 is 2.54 bits per heavy atom. The van der Waals surface area contributed by atoms with E-state index in [9.17, 15) is 5.11 Å². The predicted molar refractivity (Wildman–Crippen MR) is 52.8 cm³/mol. The van der Waals surface area contributed by atoms with Crippen LogP contribution >= 0.6 is 0 Å². The van der Waals surface area contributed by atoms with E-state index < -0.39 is 0 Å². The van der Waals surface area contributed by atoms with E-state index in [0.29, 0.717) is 19.1 Å². The van der Waals surface area contributed by atoms with Crippen LogP contribution in [0.25, 0.3) is 0 Å². The molecule has 0 aromatic rings. The minimum atomic E-state index is -0.350. The van der Waals surface area contributed by atoms with Crippen molar-refractivity contribution >= 4 is 0 Å². The van der Waals surface area contributed by atoms with Gasteiger partial charge in [0.25, 0.3) is 0 Å². The van der Waals surface area contributed by atoms with E-state index in [1.165, 1.54) is 0 Å². The van der Waals surface area contributed by atoms with Gasteiger partial charge in [-0.3, -0.25) is 0 Å². The van der Waals surface area contributed by atoms with Crippen LogP contribution in [0, 0.1) is 5.92 Å². The highest BCUT2D eigenvalue weighted by Crippen LogP contribution is 2.06. The first-order valence-electron chi connectivity index (χ1n) is 4.95. The molecule has 0 aromatic heterocycles. The maximum atomic E-state index is 9.49. The van der Waals surface area contributed by atoms with Crippen molar-refractivity contribution < 1.29 is 14.6 Å². The number of hydrogen-bond donors (Lipinski definition) is 1. The topological polar surface area (TPSA) is 38.7 Å². The van der Waals surface area contributed by atoms with Crippen LogP contribution in [0.4, 0.5) is 0 Å². The molecule has 1 N–H and O–H groups in total. The maximum absolute atomic E-state index is 9.49. The minimum absolute atomic E-state index is 0.350. The zero-order valence-corrected chi connectivity index (χ0v) is 8.95. The highest BCUT2D eigenvalue weighted by atomic mass is 16.5. The maximum Gasteiger partial charge on any atom is 0.0777 e. The Hall–Kier alpha value is -0.120. The molecule has 0 rings (SSSR count). The summed E-state index contributed by atoms with van der Waals surface area (Å²) in [5.41, 5.74) is 0. The highest BCUT2D eigenvalue weighted by molar-refractivity contribution is 4.60. The van der Waals surface area contributed by atoms with Crippen LogP contribution in [-0.2, 0) is 9.47 Å². The summed E-state index contributed by atoms with van der Waals surface area (Å²) in [5, 5.41) is 9.49. The van der Waals surface area contributed by atoms with E-state index in [2.05, 4.69) is 13.8 Å². The van der Waals surface area contributed by atoms with Gasteiger partial charge in [-0.1, -0.05) is 13.8 Å². The quantitative estimate of drug-likeness (QED) is 0.589. The molecule has 0 aliphatic rings. The largest absolute Gasteiger partial charge is 0.391 e. The van der Waals surface area contributed by atoms with E-state index in [1.54, 1.807) is 7.11 Å². The second-order valence-electron chi connectivity index (χ2n) is 3.52. The van der Waals surface area contributed by atoms with E-state index in [-0.39, 0.29) is 6.10 Å². The van der Waals surface area contributed by atoms with Gasteiger partial charge in [-0.2, -0.15) is 0 Å². The standard InChI is InChI=1S/C10H22O3/c1-4-5-13-8-10(11)6-9(2)7-12-3/h9-11H,4-8H2,1-3H3. The van der Waals surface area contributed by atoms with Gasteiger partial charge in [0.05, 0.1) is 12.7 Å². The zero-order chi connectivity index (χ0) is 10.1. The van der Waals surface area contributed by atoms with Gasteiger partial charge in [0.15, 0.2) is 0 Å². The van der Waals surface area contributed by atoms with Crippen molar-refractivity contribution in [2.24, 2.45) is 5.92 Å². The molecule has 0 radical (unpaired) electrons. The van der Waals surface area contributed by atoms with Crippen molar-refractivity contribution in [1.29, 1.82) is 0 Å². The fourth-order valence-corrected chi connectivity index (χ4v) is 1.25. The monoisotopic (exact) mass is 190 g/mol. The van der Waals surface area contributed by atoms with Crippen LogP contribution < -0.4 is 0 Å². The van der Waals surface area contributed by atoms with E-state index in [4.69, 9.17) is 9.47 Å². The van der Waals surface area contributed by atoms with E-state index in [1.807, 2.05) is 0 Å². The molecule has 0 aliphatic heterocycles. The van der Waals surface area contributed by atoms with Gasteiger partial charge in [0, 0.05) is 20.3 Å². The summed E-state index contributed by atoms with van der Waals surface area (Å²) >= 11 is 0. The molecule has 0 aliphatic carbocycles. The van der Waals surface area contributed by atoms with Crippen molar-refractivity contribution in [3.8, 4) is 0 Å². The van der Waals surface area contributed by atoms with Crippen LogP contribution in [0.1, 0.15) is 26.7 Å². The molecule has 3 nitrogen and oxygen atoms in total. The molecule has 2 atom stereocenters. The highest BCUT2D eigenvalue weighted by Gasteiger charge is 2.09. The van der Waals surface area contributed by atoms with Gasteiger partial charge < -0.3 is 14.6 Å². The van der Waals surface area contributed by atoms with Crippen molar-refractivity contribution in [2.75, 3.05) is 26.9 Å². The summed E-state index contributed by atoms with van der Waals surface area (Å²) in [5.74, 6) is 0.394. The normalized spacial score (nSPS) is 15.7. The first kappa shape index (κ1) is 12.9. The Balaban J connectivity index is 3.32. The molecule has 0 saturated carbocycles. The van der Waals surface area contributed by atoms with Crippen LogP contribution in [-0.4, -0.2) is 38.1 Å². The summed E-state index contributed by atoms with van der Waals surface area (Å²) in [4.78, 5) is 0. The van der Waals surface area contributed by atoms with E-state index >= 15 is 0 Å². The van der Waals surface area contributed by atoms with Crippen molar-refractivity contribution in [3.05, 3.63) is 0 Å². The van der Waals surface area contributed by atoms with Gasteiger partial charge >= 0.3 is 0 Å². The number of ether oxygens (including phenoxy) is 2. The van der Waals surface area contributed by atoms with Crippen LogP contribution in [0.5, 0.6) is 0 Å². The molecule has 0 heterocycles. The molecular formula is C10H22O3. The second-order valence-corrected chi connectivity index (χ2v) is 3.52. The number of rotatable bonds is 8. The third-order valence-corrected chi connectivity index (χ3v) is 1.78. The molecule has 0 saturated heterocycles.